The van der Waals surface area contributed by atoms with E-state index in [0.717, 1.165) is 24.0 Å². The van der Waals surface area contributed by atoms with Crippen molar-refractivity contribution in [2.75, 3.05) is 13.1 Å². The van der Waals surface area contributed by atoms with Gasteiger partial charge in [-0.05, 0) is 54.0 Å². The molecule has 2 atom stereocenters. The van der Waals surface area contributed by atoms with Crippen LogP contribution in [0.3, 0.4) is 0 Å². The molecule has 34 heavy (non-hydrogen) atoms. The van der Waals surface area contributed by atoms with Gasteiger partial charge in [0.05, 0.1) is 4.90 Å². The fourth-order valence-corrected chi connectivity index (χ4v) is 6.26. The molecule has 9 heteroatoms. The number of nitrogens with zero attached hydrogens (tertiary/aromatic N) is 1. The lowest BCUT2D eigenvalue weighted by Gasteiger charge is -2.19. The normalized spacial score (nSPS) is 22.1. The van der Waals surface area contributed by atoms with Crippen LogP contribution in [-0.2, 0) is 32.7 Å². The topological polar surface area (TPSA) is 105 Å². The zero-order valence-corrected chi connectivity index (χ0v) is 19.7. The van der Waals surface area contributed by atoms with Gasteiger partial charge in [0.2, 0.25) is 15.9 Å². The first-order valence-electron chi connectivity index (χ1n) is 11.3. The Labute approximate surface area is 200 Å². The third-order valence-electron chi connectivity index (χ3n) is 6.46. The number of sulfonamides is 1. The van der Waals surface area contributed by atoms with E-state index in [4.69, 9.17) is 4.74 Å². The molecule has 2 aromatic carbocycles. The van der Waals surface area contributed by atoms with Crippen LogP contribution in [0.1, 0.15) is 24.0 Å². The van der Waals surface area contributed by atoms with Gasteiger partial charge in [-0.25, -0.2) is 13.2 Å². The molecule has 0 bridgehead atoms. The Hall–Kier alpha value is -3.17. The summed E-state index contributed by atoms with van der Waals surface area (Å²) < 4.78 is 33.0. The van der Waals surface area contributed by atoms with E-state index in [9.17, 15) is 18.0 Å². The van der Waals surface area contributed by atoms with Crippen LogP contribution in [0, 0.1) is 11.8 Å². The van der Waals surface area contributed by atoms with Crippen LogP contribution in [-0.4, -0.2) is 43.9 Å². The summed E-state index contributed by atoms with van der Waals surface area (Å²) >= 11 is 0. The highest BCUT2D eigenvalue weighted by Gasteiger charge is 2.45. The zero-order chi connectivity index (χ0) is 24.1. The molecule has 1 aliphatic carbocycles. The fraction of sp³-hybridized carbons (Fsp3) is 0.360. The molecule has 1 heterocycles. The van der Waals surface area contributed by atoms with Crippen molar-refractivity contribution in [1.29, 1.82) is 0 Å². The van der Waals surface area contributed by atoms with Crippen LogP contribution in [0.2, 0.25) is 0 Å². The Morgan fingerprint density at radius 3 is 2.26 bits per heavy atom. The molecule has 2 N–H and O–H groups in total. The maximum Gasteiger partial charge on any atom is 0.407 e. The Kier molecular flexibility index (Phi) is 7.33. The molecular formula is C25H29N3O5S. The fourth-order valence-electron chi connectivity index (χ4n) is 4.71. The second kappa shape index (κ2) is 10.4. The number of ether oxygens (including phenoxy) is 1. The minimum atomic E-state index is -3.60. The summed E-state index contributed by atoms with van der Waals surface area (Å²) in [5.74, 6) is 0.305. The summed E-state index contributed by atoms with van der Waals surface area (Å²) in [6.45, 7) is 4.82. The highest BCUT2D eigenvalue weighted by Crippen LogP contribution is 2.40. The number of carbonyl (C=O) groups is 2. The quantitative estimate of drug-likeness (QED) is 0.562. The van der Waals surface area contributed by atoms with Crippen molar-refractivity contribution in [2.45, 2.75) is 36.9 Å². The lowest BCUT2D eigenvalue weighted by atomic mass is 10.0. The van der Waals surface area contributed by atoms with Crippen LogP contribution in [0.5, 0.6) is 0 Å². The number of benzene rings is 2. The second-order valence-electron chi connectivity index (χ2n) is 8.78. The monoisotopic (exact) mass is 483 g/mol. The van der Waals surface area contributed by atoms with Crippen LogP contribution >= 0.6 is 0 Å². The third kappa shape index (κ3) is 5.66. The van der Waals surface area contributed by atoms with E-state index < -0.39 is 16.1 Å². The molecule has 1 saturated carbocycles. The SMILES string of the molecule is C=CC(=O)NC1CC2CN(S(=O)(=O)c3ccc(CNC(=O)OCc4ccccc4)cc3)CC2C1. The molecule has 1 aliphatic heterocycles. The Bertz CT molecular complexity index is 1120. The van der Waals surface area contributed by atoms with Crippen LogP contribution in [0.15, 0.2) is 72.1 Å². The Balaban J connectivity index is 1.27. The maximum absolute atomic E-state index is 13.1. The third-order valence-corrected chi connectivity index (χ3v) is 8.31. The Morgan fingerprint density at radius 1 is 1.00 bits per heavy atom. The van der Waals surface area contributed by atoms with Crippen molar-refractivity contribution in [2.24, 2.45) is 11.8 Å². The minimum absolute atomic E-state index is 0.0801. The van der Waals surface area contributed by atoms with Gasteiger partial charge >= 0.3 is 6.09 Å². The average Bonchev–Trinajstić information content (AvgIpc) is 3.41. The molecule has 2 fully saturated rings. The van der Waals surface area contributed by atoms with Gasteiger partial charge in [0.25, 0.3) is 0 Å². The maximum atomic E-state index is 13.1. The molecule has 4 rings (SSSR count). The van der Waals surface area contributed by atoms with Gasteiger partial charge in [-0.15, -0.1) is 0 Å². The van der Waals surface area contributed by atoms with E-state index in [1.165, 1.54) is 6.08 Å². The van der Waals surface area contributed by atoms with Gasteiger partial charge in [0, 0.05) is 25.7 Å². The molecule has 8 nitrogen and oxygen atoms in total. The largest absolute Gasteiger partial charge is 0.445 e. The predicted octanol–water partition coefficient (Wildman–Crippen LogP) is 2.81. The van der Waals surface area contributed by atoms with Gasteiger partial charge in [0.1, 0.15) is 6.61 Å². The minimum Gasteiger partial charge on any atom is -0.445 e. The second-order valence-corrected chi connectivity index (χ2v) is 10.7. The lowest BCUT2D eigenvalue weighted by Crippen LogP contribution is -2.35. The molecule has 0 aromatic heterocycles. The number of fused-ring (bicyclic) bond motifs is 1. The van der Waals surface area contributed by atoms with Crippen molar-refractivity contribution >= 4 is 22.0 Å². The smallest absolute Gasteiger partial charge is 0.407 e. The first-order valence-corrected chi connectivity index (χ1v) is 12.8. The zero-order valence-electron chi connectivity index (χ0n) is 18.9. The first-order chi connectivity index (χ1) is 16.3. The number of alkyl carbamates (subject to hydrolysis) is 1. The molecule has 0 radical (unpaired) electrons. The summed E-state index contributed by atoms with van der Waals surface area (Å²) in [5.41, 5.74) is 1.67. The van der Waals surface area contributed by atoms with E-state index in [1.807, 2.05) is 30.3 Å². The molecule has 2 aromatic rings. The van der Waals surface area contributed by atoms with E-state index in [-0.39, 0.29) is 41.8 Å². The number of carbonyl (C=O) groups excluding carboxylic acids is 2. The van der Waals surface area contributed by atoms with Crippen molar-refractivity contribution in [1.82, 2.24) is 14.9 Å². The highest BCUT2D eigenvalue weighted by atomic mass is 32.2. The van der Waals surface area contributed by atoms with Gasteiger partial charge in [-0.3, -0.25) is 4.79 Å². The highest BCUT2D eigenvalue weighted by molar-refractivity contribution is 7.89. The molecule has 1 saturated heterocycles. The summed E-state index contributed by atoms with van der Waals surface area (Å²) in [4.78, 5) is 23.7. The van der Waals surface area contributed by atoms with E-state index >= 15 is 0 Å². The molecule has 0 spiro atoms. The van der Waals surface area contributed by atoms with Gasteiger partial charge < -0.3 is 15.4 Å². The van der Waals surface area contributed by atoms with E-state index in [2.05, 4.69) is 17.2 Å². The molecule has 2 amide bonds. The van der Waals surface area contributed by atoms with E-state index in [1.54, 1.807) is 28.6 Å². The van der Waals surface area contributed by atoms with Crippen LogP contribution in [0.4, 0.5) is 4.79 Å². The molecule has 2 aliphatic rings. The van der Waals surface area contributed by atoms with Gasteiger partial charge in [0.15, 0.2) is 0 Å². The summed E-state index contributed by atoms with van der Waals surface area (Å²) in [6, 6.07) is 16.0. The van der Waals surface area contributed by atoms with Crippen molar-refractivity contribution in [3.63, 3.8) is 0 Å². The first kappa shape index (κ1) is 24.0. The van der Waals surface area contributed by atoms with E-state index in [0.29, 0.717) is 13.1 Å². The summed E-state index contributed by atoms with van der Waals surface area (Å²) in [7, 11) is -3.60. The van der Waals surface area contributed by atoms with Crippen LogP contribution in [0.25, 0.3) is 0 Å². The standard InChI is InChI=1S/C25H29N3O5S/c1-2-24(29)27-22-12-20-15-28(16-21(20)13-22)34(31,32)23-10-8-18(9-11-23)14-26-25(30)33-17-19-6-4-3-5-7-19/h2-11,20-22H,1,12-17H2,(H,26,30)(H,27,29). The number of amides is 2. The predicted molar refractivity (Wildman–Crippen MR) is 127 cm³/mol. The molecule has 2 unspecified atom stereocenters. The van der Waals surface area contributed by atoms with Crippen molar-refractivity contribution < 1.29 is 22.7 Å². The van der Waals surface area contributed by atoms with Crippen LogP contribution < -0.4 is 10.6 Å². The number of hydrogen-bond donors (Lipinski definition) is 2. The number of rotatable bonds is 8. The van der Waals surface area contributed by atoms with Crippen molar-refractivity contribution in [3.05, 3.63) is 78.4 Å². The summed E-state index contributed by atoms with van der Waals surface area (Å²) in [5, 5.41) is 5.59. The van der Waals surface area contributed by atoms with Gasteiger partial charge in [-0.1, -0.05) is 49.0 Å². The summed E-state index contributed by atoms with van der Waals surface area (Å²) in [6.07, 6.45) is 2.28. The number of hydrogen-bond acceptors (Lipinski definition) is 5. The molecule has 180 valence electrons. The number of nitrogens with one attached hydrogen (secondary N) is 2. The lowest BCUT2D eigenvalue weighted by molar-refractivity contribution is -0.117. The average molecular weight is 484 g/mol. The molecular weight excluding hydrogens is 454 g/mol. The van der Waals surface area contributed by atoms with Gasteiger partial charge in [-0.2, -0.15) is 4.31 Å². The Morgan fingerprint density at radius 2 is 1.65 bits per heavy atom. The van der Waals surface area contributed by atoms with Crippen molar-refractivity contribution in [3.8, 4) is 0 Å².